The third-order valence-corrected chi connectivity index (χ3v) is 4.04. The molecule has 0 fully saturated rings. The van der Waals surface area contributed by atoms with Crippen LogP contribution in [0.1, 0.15) is 18.1 Å². The van der Waals surface area contributed by atoms with Gasteiger partial charge in [0.15, 0.2) is 5.96 Å². The highest BCUT2D eigenvalue weighted by Gasteiger charge is 2.04. The van der Waals surface area contributed by atoms with E-state index in [1.54, 1.807) is 30.4 Å². The van der Waals surface area contributed by atoms with Gasteiger partial charge < -0.3 is 15.2 Å². The summed E-state index contributed by atoms with van der Waals surface area (Å²) in [7, 11) is 0. The van der Waals surface area contributed by atoms with E-state index >= 15 is 0 Å². The fourth-order valence-electron chi connectivity index (χ4n) is 2.27. The molecule has 0 bridgehead atoms. The van der Waals surface area contributed by atoms with Gasteiger partial charge in [-0.15, -0.1) is 24.0 Å². The van der Waals surface area contributed by atoms with Crippen molar-refractivity contribution in [2.45, 2.75) is 25.8 Å². The second kappa shape index (κ2) is 12.1. The predicted octanol–water partition coefficient (Wildman–Crippen LogP) is 3.26. The van der Waals surface area contributed by atoms with Gasteiger partial charge in [0.2, 0.25) is 0 Å². The van der Waals surface area contributed by atoms with Gasteiger partial charge in [0.05, 0.1) is 12.9 Å². The second-order valence-electron chi connectivity index (χ2n) is 5.27. The Balaban J connectivity index is 0.00000312. The smallest absolute Gasteiger partial charge is 0.191 e. The van der Waals surface area contributed by atoms with Crippen LogP contribution in [0.2, 0.25) is 0 Å². The predicted molar refractivity (Wildman–Crippen MR) is 114 cm³/mol. The average molecular weight is 477 g/mol. The number of imidazole rings is 1. The molecule has 0 aliphatic rings. The molecule has 1 aromatic heterocycles. The fraction of sp³-hybridized carbons (Fsp3) is 0.412. The lowest BCUT2D eigenvalue weighted by Gasteiger charge is -2.12. The average Bonchev–Trinajstić information content (AvgIpc) is 3.07. The normalized spacial score (nSPS) is 11.1. The number of aromatic nitrogens is 2. The molecule has 1 heterocycles. The van der Waals surface area contributed by atoms with Gasteiger partial charge in [-0.25, -0.2) is 14.4 Å². The van der Waals surface area contributed by atoms with Crippen molar-refractivity contribution >= 4 is 41.7 Å². The molecule has 0 aliphatic heterocycles. The largest absolute Gasteiger partial charge is 0.357 e. The molecule has 0 saturated heterocycles. The van der Waals surface area contributed by atoms with Crippen molar-refractivity contribution in [3.8, 4) is 0 Å². The Bertz CT molecular complexity index is 648. The number of nitrogens with one attached hydrogen (secondary N) is 2. The Labute approximate surface area is 169 Å². The van der Waals surface area contributed by atoms with E-state index in [1.807, 2.05) is 30.0 Å². The van der Waals surface area contributed by atoms with Crippen LogP contribution < -0.4 is 10.6 Å². The molecule has 0 amide bonds. The number of guanidine groups is 1. The Morgan fingerprint density at radius 3 is 2.84 bits per heavy atom. The molecule has 0 spiro atoms. The van der Waals surface area contributed by atoms with Crippen molar-refractivity contribution in [1.29, 1.82) is 0 Å². The third-order valence-electron chi connectivity index (χ3n) is 3.44. The number of halogens is 2. The number of rotatable bonds is 8. The maximum absolute atomic E-state index is 13.4. The van der Waals surface area contributed by atoms with Crippen molar-refractivity contribution in [2.75, 3.05) is 19.3 Å². The van der Waals surface area contributed by atoms with Gasteiger partial charge >= 0.3 is 0 Å². The molecule has 0 radical (unpaired) electrons. The highest BCUT2D eigenvalue weighted by Crippen LogP contribution is 2.17. The van der Waals surface area contributed by atoms with Gasteiger partial charge in [0.1, 0.15) is 5.82 Å². The van der Waals surface area contributed by atoms with E-state index in [-0.39, 0.29) is 29.8 Å². The maximum atomic E-state index is 13.4. The molecule has 2 N–H and O–H groups in total. The molecule has 0 atom stereocenters. The zero-order valence-electron chi connectivity index (χ0n) is 14.5. The molecule has 0 aliphatic carbocycles. The van der Waals surface area contributed by atoms with E-state index in [0.717, 1.165) is 42.5 Å². The molecule has 2 aromatic rings. The van der Waals surface area contributed by atoms with Crippen LogP contribution >= 0.6 is 35.7 Å². The molecule has 1 aromatic carbocycles. The van der Waals surface area contributed by atoms with Crippen LogP contribution in [-0.4, -0.2) is 34.9 Å². The third kappa shape index (κ3) is 7.64. The number of benzene rings is 1. The molecular formula is C17H25FIN5S. The first-order valence-corrected chi connectivity index (χ1v) is 9.36. The molecule has 25 heavy (non-hydrogen) atoms. The van der Waals surface area contributed by atoms with Gasteiger partial charge in [-0.1, -0.05) is 6.07 Å². The van der Waals surface area contributed by atoms with E-state index in [0.29, 0.717) is 6.54 Å². The summed E-state index contributed by atoms with van der Waals surface area (Å²) >= 11 is 1.68. The lowest BCUT2D eigenvalue weighted by molar-refractivity contribution is 0.625. The topological polar surface area (TPSA) is 54.2 Å². The zero-order valence-corrected chi connectivity index (χ0v) is 17.7. The van der Waals surface area contributed by atoms with E-state index in [9.17, 15) is 4.39 Å². The summed E-state index contributed by atoms with van der Waals surface area (Å²) in [5, 5.41) is 6.53. The summed E-state index contributed by atoms with van der Waals surface area (Å²) in [6, 6.07) is 4.91. The molecule has 5 nitrogen and oxygen atoms in total. The summed E-state index contributed by atoms with van der Waals surface area (Å²) in [6.45, 7) is 4.92. The highest BCUT2D eigenvalue weighted by atomic mass is 127. The Morgan fingerprint density at radius 2 is 2.16 bits per heavy atom. The van der Waals surface area contributed by atoms with Gasteiger partial charge in [0, 0.05) is 37.8 Å². The van der Waals surface area contributed by atoms with E-state index in [2.05, 4.69) is 20.6 Å². The van der Waals surface area contributed by atoms with E-state index < -0.39 is 0 Å². The minimum absolute atomic E-state index is 0. The summed E-state index contributed by atoms with van der Waals surface area (Å²) in [6.07, 6.45) is 7.50. The van der Waals surface area contributed by atoms with Crippen LogP contribution in [0, 0.1) is 5.82 Å². The van der Waals surface area contributed by atoms with Crippen LogP contribution in [0.4, 0.5) is 4.39 Å². The Morgan fingerprint density at radius 1 is 1.32 bits per heavy atom. The van der Waals surface area contributed by atoms with Crippen molar-refractivity contribution in [3.05, 3.63) is 53.9 Å². The van der Waals surface area contributed by atoms with Crippen molar-refractivity contribution in [1.82, 2.24) is 20.2 Å². The number of hydrogen-bond acceptors (Lipinski definition) is 3. The number of hydrogen-bond donors (Lipinski definition) is 2. The first-order valence-electron chi connectivity index (χ1n) is 7.97. The minimum Gasteiger partial charge on any atom is -0.357 e. The molecular weight excluding hydrogens is 452 g/mol. The van der Waals surface area contributed by atoms with Crippen LogP contribution in [-0.2, 0) is 18.8 Å². The molecule has 0 saturated carbocycles. The van der Waals surface area contributed by atoms with Gasteiger partial charge in [-0.3, -0.25) is 0 Å². The summed E-state index contributed by atoms with van der Waals surface area (Å²) in [5.74, 6) is 1.35. The summed E-state index contributed by atoms with van der Waals surface area (Å²) in [5.41, 5.74) is 2.05. The highest BCUT2D eigenvalue weighted by molar-refractivity contribution is 14.0. The zero-order chi connectivity index (χ0) is 17.2. The van der Waals surface area contributed by atoms with Gasteiger partial charge in [-0.05, 0) is 36.4 Å². The number of aliphatic imine (C=N–C) groups is 1. The quantitative estimate of drug-likeness (QED) is 0.348. The molecule has 138 valence electrons. The standard InChI is InChI=1S/C17H24FN5S.HI/c1-3-20-17(21-7-9-23-8-6-19-13-23)22-11-14-4-5-16(18)10-15(14)12-24-2;/h4-6,8,10,13H,3,7,9,11-12H2,1-2H3,(H2,20,21,22);1H. The lowest BCUT2D eigenvalue weighted by atomic mass is 10.1. The van der Waals surface area contributed by atoms with E-state index in [1.165, 1.54) is 6.07 Å². The van der Waals surface area contributed by atoms with Crippen LogP contribution in [0.3, 0.4) is 0 Å². The molecule has 0 unspecified atom stereocenters. The number of nitrogens with zero attached hydrogens (tertiary/aromatic N) is 3. The maximum Gasteiger partial charge on any atom is 0.191 e. The Hall–Kier alpha value is -1.29. The SMILES string of the molecule is CCNC(=NCc1ccc(F)cc1CSC)NCCn1ccnc1.I. The second-order valence-corrected chi connectivity index (χ2v) is 6.13. The summed E-state index contributed by atoms with van der Waals surface area (Å²) in [4.78, 5) is 8.64. The van der Waals surface area contributed by atoms with Gasteiger partial charge in [-0.2, -0.15) is 11.8 Å². The number of thioether (sulfide) groups is 1. The van der Waals surface area contributed by atoms with Gasteiger partial charge in [0.25, 0.3) is 0 Å². The summed E-state index contributed by atoms with van der Waals surface area (Å²) < 4.78 is 15.4. The lowest BCUT2D eigenvalue weighted by Crippen LogP contribution is -2.38. The monoisotopic (exact) mass is 477 g/mol. The van der Waals surface area contributed by atoms with Crippen molar-refractivity contribution < 1.29 is 4.39 Å². The van der Waals surface area contributed by atoms with Crippen LogP contribution in [0.25, 0.3) is 0 Å². The minimum atomic E-state index is -0.197. The first kappa shape index (κ1) is 21.8. The fourth-order valence-corrected chi connectivity index (χ4v) is 2.85. The van der Waals surface area contributed by atoms with E-state index in [4.69, 9.17) is 0 Å². The van der Waals surface area contributed by atoms with Crippen molar-refractivity contribution in [3.63, 3.8) is 0 Å². The van der Waals surface area contributed by atoms with Crippen LogP contribution in [0.5, 0.6) is 0 Å². The molecule has 8 heteroatoms. The first-order chi connectivity index (χ1) is 11.7. The molecule has 2 rings (SSSR count). The Kier molecular flexibility index (Phi) is 10.6. The van der Waals surface area contributed by atoms with Crippen LogP contribution in [0.15, 0.2) is 41.9 Å². The van der Waals surface area contributed by atoms with Crippen molar-refractivity contribution in [2.24, 2.45) is 4.99 Å².